The highest BCUT2D eigenvalue weighted by Gasteiger charge is 2.57. The summed E-state index contributed by atoms with van der Waals surface area (Å²) in [6.07, 6.45) is -19.3. The third-order valence-corrected chi connectivity index (χ3v) is 12.6. The first-order chi connectivity index (χ1) is 35.2. The molecule has 0 amide bonds. The van der Waals surface area contributed by atoms with Gasteiger partial charge in [-0.1, -0.05) is 138 Å². The van der Waals surface area contributed by atoms with Crippen LogP contribution in [0.1, 0.15) is 22.3 Å². The number of methoxy groups -OCH3 is 1. The standard InChI is InChI=1S/C51H56N6O15/c1-63-49-38(54-56-52)44(66-27-31-15-7-3-8-16-31)42(37(25-59)68-49)70-51-40(60)45(67-28-32-17-9-4-10-18-32)46(47(72-51)48(61)62)71-50-39(55-57-53)43(65-26-30-13-5-2-6-14-30)41(36(24-58)69-50)64-29-33-21-22-34-19-11-12-20-35(34)23-33/h2-23,36-47,49-51,58-60H,24-29H2,1H3,(H,61,62)/t36-,37-,38-,39-,40-,41-,42-,43-,44-,45-,46+,47-,49+,50-,51-/m1/s1. The molecule has 0 aromatic heterocycles. The number of aliphatic carboxylic acids is 1. The molecule has 3 heterocycles. The highest BCUT2D eigenvalue weighted by molar-refractivity contribution is 5.83. The largest absolute Gasteiger partial charge is 0.479 e. The second kappa shape index (κ2) is 25.5. The van der Waals surface area contributed by atoms with Crippen LogP contribution in [-0.2, 0) is 78.6 Å². The van der Waals surface area contributed by atoms with Crippen LogP contribution < -0.4 is 0 Å². The van der Waals surface area contributed by atoms with Crippen molar-refractivity contribution in [3.8, 4) is 0 Å². The van der Waals surface area contributed by atoms with E-state index in [1.54, 1.807) is 54.6 Å². The Balaban J connectivity index is 1.11. The summed E-state index contributed by atoms with van der Waals surface area (Å²) in [5, 5.41) is 54.9. The van der Waals surface area contributed by atoms with Crippen LogP contribution in [-0.4, -0.2) is 139 Å². The molecule has 0 aliphatic carbocycles. The zero-order chi connectivity index (χ0) is 50.4. The van der Waals surface area contributed by atoms with Gasteiger partial charge in [0.15, 0.2) is 25.0 Å². The van der Waals surface area contributed by atoms with E-state index in [-0.39, 0.29) is 26.4 Å². The minimum atomic E-state index is -2.01. The van der Waals surface area contributed by atoms with E-state index < -0.39 is 111 Å². The summed E-state index contributed by atoms with van der Waals surface area (Å²) in [7, 11) is 1.32. The number of azide groups is 2. The zero-order valence-electron chi connectivity index (χ0n) is 39.1. The average Bonchev–Trinajstić information content (AvgIpc) is 3.41. The molecule has 4 N–H and O–H groups in total. The van der Waals surface area contributed by atoms with E-state index in [0.717, 1.165) is 27.5 Å². The zero-order valence-corrected chi connectivity index (χ0v) is 39.1. The maximum Gasteiger partial charge on any atom is 0.335 e. The minimum absolute atomic E-state index is 0.00404. The van der Waals surface area contributed by atoms with Crippen LogP contribution in [0.3, 0.4) is 0 Å². The van der Waals surface area contributed by atoms with Crippen LogP contribution in [0.5, 0.6) is 0 Å². The SMILES string of the molecule is CO[C@H]1O[C@H](CO)[C@@H](O[C@@H]2O[C@@H](C(=O)O)[C@@H](O[C@H]3O[C@H](CO)[C@@H](OCc4ccc5ccccc5c4)[C@H](OCc4ccccc4)[C@H]3N=[N+]=[N-])[C@H](OCc3ccccc3)[C@H]2O)[C@H](OCc2ccccc2)[C@H]1N=[N+]=[N-]. The maximum absolute atomic E-state index is 13.5. The van der Waals surface area contributed by atoms with Crippen LogP contribution in [0.4, 0.5) is 0 Å². The fourth-order valence-corrected chi connectivity index (χ4v) is 9.11. The molecule has 15 atom stereocenters. The molecule has 3 saturated heterocycles. The van der Waals surface area contributed by atoms with Crippen LogP contribution in [0, 0.1) is 0 Å². The number of hydrogen-bond acceptors (Lipinski definition) is 16. The first-order valence-corrected chi connectivity index (χ1v) is 23.3. The van der Waals surface area contributed by atoms with Gasteiger partial charge in [-0.15, -0.1) is 0 Å². The summed E-state index contributed by atoms with van der Waals surface area (Å²) in [6.45, 7) is -1.51. The maximum atomic E-state index is 13.5. The molecule has 5 aromatic carbocycles. The van der Waals surface area contributed by atoms with Crippen molar-refractivity contribution in [3.63, 3.8) is 0 Å². The van der Waals surface area contributed by atoms with Gasteiger partial charge in [0, 0.05) is 16.9 Å². The van der Waals surface area contributed by atoms with Crippen molar-refractivity contribution in [2.24, 2.45) is 10.2 Å². The lowest BCUT2D eigenvalue weighted by atomic mass is 9.94. The molecule has 3 fully saturated rings. The second-order valence-electron chi connectivity index (χ2n) is 17.3. The Labute approximate surface area is 413 Å². The van der Waals surface area contributed by atoms with E-state index in [0.29, 0.717) is 5.56 Å². The average molecular weight is 993 g/mol. The fourth-order valence-electron chi connectivity index (χ4n) is 9.11. The quantitative estimate of drug-likeness (QED) is 0.0359. The Hall–Kier alpha value is -6.07. The summed E-state index contributed by atoms with van der Waals surface area (Å²) in [4.78, 5) is 19.6. The number of rotatable bonds is 22. The molecular weight excluding hydrogens is 937 g/mol. The fraction of sp³-hybridized carbons (Fsp3) is 0.431. The van der Waals surface area contributed by atoms with Gasteiger partial charge in [-0.2, -0.15) is 0 Å². The highest BCUT2D eigenvalue weighted by atomic mass is 16.8. The van der Waals surface area contributed by atoms with E-state index in [1.165, 1.54) is 7.11 Å². The second-order valence-corrected chi connectivity index (χ2v) is 17.3. The van der Waals surface area contributed by atoms with E-state index in [2.05, 4.69) is 20.1 Å². The summed E-state index contributed by atoms with van der Waals surface area (Å²) >= 11 is 0. The molecule has 3 aliphatic rings. The van der Waals surface area contributed by atoms with Crippen LogP contribution >= 0.6 is 0 Å². The Morgan fingerprint density at radius 3 is 1.54 bits per heavy atom. The number of ether oxygens (including phenoxy) is 10. The molecule has 72 heavy (non-hydrogen) atoms. The number of nitrogens with zero attached hydrogens (tertiary/aromatic N) is 6. The van der Waals surface area contributed by atoms with Crippen molar-refractivity contribution in [2.45, 2.75) is 118 Å². The first-order valence-electron chi connectivity index (χ1n) is 23.3. The molecule has 21 nitrogen and oxygen atoms in total. The first kappa shape index (κ1) is 52.3. The number of fused-ring (bicyclic) bond motifs is 1. The monoisotopic (exact) mass is 992 g/mol. The number of carboxylic acids is 1. The molecule has 21 heteroatoms. The highest BCUT2D eigenvalue weighted by Crippen LogP contribution is 2.38. The topological polar surface area (TPSA) is 288 Å². The Morgan fingerprint density at radius 1 is 0.542 bits per heavy atom. The van der Waals surface area contributed by atoms with Gasteiger partial charge in [0.25, 0.3) is 0 Å². The molecule has 0 unspecified atom stereocenters. The molecule has 5 aromatic rings. The molecular formula is C51H56N6O15. The van der Waals surface area contributed by atoms with Gasteiger partial charge in [-0.25, -0.2) is 4.79 Å². The predicted molar refractivity (Wildman–Crippen MR) is 254 cm³/mol. The van der Waals surface area contributed by atoms with E-state index in [9.17, 15) is 36.3 Å². The van der Waals surface area contributed by atoms with Gasteiger partial charge in [-0.05, 0) is 50.2 Å². The number of aliphatic hydroxyl groups is 3. The number of aliphatic hydroxyl groups excluding tert-OH is 3. The molecule has 380 valence electrons. The number of carbonyl (C=O) groups is 1. The van der Waals surface area contributed by atoms with Gasteiger partial charge in [0.2, 0.25) is 0 Å². The Bertz CT molecular complexity index is 2600. The van der Waals surface area contributed by atoms with Crippen molar-refractivity contribution in [3.05, 3.63) is 177 Å². The van der Waals surface area contributed by atoms with Crippen LogP contribution in [0.2, 0.25) is 0 Å². The Kier molecular flexibility index (Phi) is 18.5. The third-order valence-electron chi connectivity index (χ3n) is 12.6. The Morgan fingerprint density at radius 2 is 1.00 bits per heavy atom. The van der Waals surface area contributed by atoms with E-state index >= 15 is 0 Å². The third kappa shape index (κ3) is 12.6. The summed E-state index contributed by atoms with van der Waals surface area (Å²) in [5.41, 5.74) is 22.6. The lowest BCUT2D eigenvalue weighted by Gasteiger charge is -2.49. The summed E-state index contributed by atoms with van der Waals surface area (Å²) in [6, 6.07) is 38.1. The van der Waals surface area contributed by atoms with Crippen LogP contribution in [0.25, 0.3) is 31.7 Å². The van der Waals surface area contributed by atoms with Gasteiger partial charge in [-0.3, -0.25) is 0 Å². The minimum Gasteiger partial charge on any atom is -0.479 e. The summed E-state index contributed by atoms with van der Waals surface area (Å²) < 4.78 is 62.6. The van der Waals surface area contributed by atoms with Crippen molar-refractivity contribution < 1.29 is 72.6 Å². The number of hydrogen-bond donors (Lipinski definition) is 4. The normalized spacial score (nSPS) is 30.5. The van der Waals surface area contributed by atoms with Gasteiger partial charge < -0.3 is 67.8 Å². The summed E-state index contributed by atoms with van der Waals surface area (Å²) in [5.74, 6) is -1.58. The molecule has 0 bridgehead atoms. The molecule has 3 aliphatic heterocycles. The van der Waals surface area contributed by atoms with E-state index in [4.69, 9.17) is 47.4 Å². The van der Waals surface area contributed by atoms with Crippen molar-refractivity contribution in [2.75, 3.05) is 20.3 Å². The van der Waals surface area contributed by atoms with Crippen molar-refractivity contribution >= 4 is 16.7 Å². The molecule has 0 spiro atoms. The molecule has 0 saturated carbocycles. The van der Waals surface area contributed by atoms with Gasteiger partial charge in [0.05, 0.1) is 39.6 Å². The molecule has 0 radical (unpaired) electrons. The lowest BCUT2D eigenvalue weighted by Crippen LogP contribution is -2.67. The lowest BCUT2D eigenvalue weighted by molar-refractivity contribution is -0.368. The van der Waals surface area contributed by atoms with Crippen molar-refractivity contribution in [1.82, 2.24) is 0 Å². The molecule has 8 rings (SSSR count). The van der Waals surface area contributed by atoms with E-state index in [1.807, 2.05) is 78.9 Å². The number of benzene rings is 5. The van der Waals surface area contributed by atoms with Crippen LogP contribution in [0.15, 0.2) is 144 Å². The predicted octanol–water partition coefficient (Wildman–Crippen LogP) is 5.86. The van der Waals surface area contributed by atoms with Gasteiger partial charge in [0.1, 0.15) is 67.0 Å². The smallest absolute Gasteiger partial charge is 0.335 e. The number of carboxylic acid groups (broad SMARTS) is 1. The van der Waals surface area contributed by atoms with Crippen molar-refractivity contribution in [1.29, 1.82) is 0 Å². The van der Waals surface area contributed by atoms with Gasteiger partial charge >= 0.3 is 5.97 Å².